The maximum atomic E-state index is 12.9. The van der Waals surface area contributed by atoms with Crippen LogP contribution in [0.3, 0.4) is 0 Å². The summed E-state index contributed by atoms with van der Waals surface area (Å²) in [4.78, 5) is 14.2. The molecule has 1 unspecified atom stereocenters. The maximum absolute atomic E-state index is 12.9. The van der Waals surface area contributed by atoms with Crippen LogP contribution in [0.15, 0.2) is 42.5 Å². The number of rotatable bonds is 6. The van der Waals surface area contributed by atoms with Crippen LogP contribution in [0, 0.1) is 11.7 Å². The highest BCUT2D eigenvalue weighted by Gasteiger charge is 2.23. The second kappa shape index (κ2) is 8.48. The first-order chi connectivity index (χ1) is 13.7. The van der Waals surface area contributed by atoms with Crippen molar-refractivity contribution in [1.82, 2.24) is 4.90 Å². The van der Waals surface area contributed by atoms with Gasteiger partial charge in [-0.15, -0.1) is 0 Å². The Kier molecular flexibility index (Phi) is 5.62. The molecule has 2 aliphatic rings. The van der Waals surface area contributed by atoms with E-state index in [-0.39, 0.29) is 25.1 Å². The summed E-state index contributed by atoms with van der Waals surface area (Å²) in [6, 6.07) is 11.0. The van der Waals surface area contributed by atoms with E-state index in [2.05, 4.69) is 4.90 Å². The smallest absolute Gasteiger partial charge is 0.325 e. The molecule has 28 heavy (non-hydrogen) atoms. The van der Waals surface area contributed by atoms with Crippen molar-refractivity contribution in [3.05, 3.63) is 48.3 Å². The van der Waals surface area contributed by atoms with E-state index in [1.165, 1.54) is 24.3 Å². The lowest BCUT2D eigenvalue weighted by atomic mass is 9.99. The van der Waals surface area contributed by atoms with E-state index in [9.17, 15) is 9.18 Å². The van der Waals surface area contributed by atoms with Gasteiger partial charge in [-0.1, -0.05) is 0 Å². The number of esters is 1. The number of carbonyl (C=O) groups is 1. The predicted octanol–water partition coefficient (Wildman–Crippen LogP) is 3.25. The fourth-order valence-electron chi connectivity index (χ4n) is 3.46. The minimum atomic E-state index is -0.360. The average Bonchev–Trinajstić information content (AvgIpc) is 3.16. The molecule has 1 atom stereocenters. The fourth-order valence-corrected chi connectivity index (χ4v) is 3.46. The highest BCUT2D eigenvalue weighted by atomic mass is 19.1. The number of likely N-dealkylation sites (tertiary alicyclic amines) is 1. The summed E-state index contributed by atoms with van der Waals surface area (Å²) < 4.78 is 34.8. The van der Waals surface area contributed by atoms with Crippen molar-refractivity contribution in [2.75, 3.05) is 33.0 Å². The summed E-state index contributed by atoms with van der Waals surface area (Å²) in [5, 5.41) is 0. The normalized spacial score (nSPS) is 18.7. The number of nitrogens with zero attached hydrogens (tertiary/aromatic N) is 1. The minimum absolute atomic E-state index is 0.206. The number of ether oxygens (including phenoxy) is 4. The molecule has 0 saturated carbocycles. The minimum Gasteiger partial charge on any atom is -0.493 e. The lowest BCUT2D eigenvalue weighted by molar-refractivity contribution is -0.136. The highest BCUT2D eigenvalue weighted by Crippen LogP contribution is 2.35. The Morgan fingerprint density at radius 3 is 2.75 bits per heavy atom. The van der Waals surface area contributed by atoms with Gasteiger partial charge in [0.15, 0.2) is 11.5 Å². The summed E-state index contributed by atoms with van der Waals surface area (Å²) in [5.41, 5.74) is 0. The Hall–Kier alpha value is -2.80. The zero-order valence-electron chi connectivity index (χ0n) is 15.4. The van der Waals surface area contributed by atoms with E-state index in [0.29, 0.717) is 24.0 Å². The van der Waals surface area contributed by atoms with Gasteiger partial charge in [0.05, 0.1) is 13.2 Å². The topological polar surface area (TPSA) is 57.2 Å². The van der Waals surface area contributed by atoms with Crippen LogP contribution in [-0.4, -0.2) is 43.9 Å². The first-order valence-corrected chi connectivity index (χ1v) is 9.37. The summed E-state index contributed by atoms with van der Waals surface area (Å²) in [5.74, 6) is 2.16. The van der Waals surface area contributed by atoms with Crippen LogP contribution < -0.4 is 18.9 Å². The highest BCUT2D eigenvalue weighted by molar-refractivity contribution is 5.74. The number of fused-ring (bicyclic) bond motifs is 1. The summed E-state index contributed by atoms with van der Waals surface area (Å²) in [7, 11) is 0. The zero-order valence-corrected chi connectivity index (χ0v) is 15.4. The van der Waals surface area contributed by atoms with Crippen LogP contribution in [-0.2, 0) is 4.79 Å². The molecular formula is C21H22FNO5. The first-order valence-electron chi connectivity index (χ1n) is 9.37. The van der Waals surface area contributed by atoms with Crippen molar-refractivity contribution in [2.45, 2.75) is 12.8 Å². The van der Waals surface area contributed by atoms with Gasteiger partial charge in [0.1, 0.15) is 17.3 Å². The van der Waals surface area contributed by atoms with Crippen LogP contribution in [0.25, 0.3) is 0 Å². The van der Waals surface area contributed by atoms with Crippen molar-refractivity contribution in [1.29, 1.82) is 0 Å². The van der Waals surface area contributed by atoms with E-state index in [0.717, 1.165) is 37.4 Å². The molecule has 2 aromatic carbocycles. The molecule has 1 fully saturated rings. The van der Waals surface area contributed by atoms with E-state index >= 15 is 0 Å². The summed E-state index contributed by atoms with van der Waals surface area (Å²) in [6.07, 6.45) is 2.05. The van der Waals surface area contributed by atoms with Gasteiger partial charge in [-0.2, -0.15) is 0 Å². The van der Waals surface area contributed by atoms with Crippen LogP contribution >= 0.6 is 0 Å². The molecule has 0 spiro atoms. The third kappa shape index (κ3) is 4.72. The van der Waals surface area contributed by atoms with Gasteiger partial charge in [-0.25, -0.2) is 4.39 Å². The van der Waals surface area contributed by atoms with Gasteiger partial charge in [-0.05, 0) is 55.8 Å². The molecule has 2 aromatic rings. The number of hydrogen-bond acceptors (Lipinski definition) is 6. The standard InChI is InChI=1S/C21H22FNO5/c22-16-3-5-17(6-4-16)28-21(24)12-23-9-1-2-15(11-23)13-25-18-7-8-19-20(10-18)27-14-26-19/h3-8,10,15H,1-2,9,11-14H2. The van der Waals surface area contributed by atoms with Gasteiger partial charge in [-0.3, -0.25) is 9.69 Å². The number of benzene rings is 2. The number of piperidine rings is 1. The first kappa shape index (κ1) is 18.6. The van der Waals surface area contributed by atoms with Gasteiger partial charge in [0, 0.05) is 18.5 Å². The Bertz CT molecular complexity index is 826. The van der Waals surface area contributed by atoms with E-state index in [4.69, 9.17) is 18.9 Å². The Labute approximate surface area is 162 Å². The third-order valence-corrected chi connectivity index (χ3v) is 4.83. The van der Waals surface area contributed by atoms with Crippen molar-refractivity contribution >= 4 is 5.97 Å². The van der Waals surface area contributed by atoms with E-state index < -0.39 is 0 Å². The third-order valence-electron chi connectivity index (χ3n) is 4.83. The molecular weight excluding hydrogens is 365 g/mol. The molecule has 6 nitrogen and oxygen atoms in total. The molecule has 2 heterocycles. The Morgan fingerprint density at radius 1 is 1.11 bits per heavy atom. The van der Waals surface area contributed by atoms with Crippen molar-refractivity contribution in [3.63, 3.8) is 0 Å². The second-order valence-electron chi connectivity index (χ2n) is 7.00. The van der Waals surface area contributed by atoms with Gasteiger partial charge in [0.25, 0.3) is 0 Å². The molecule has 148 valence electrons. The molecule has 2 aliphatic heterocycles. The molecule has 7 heteroatoms. The number of hydrogen-bond donors (Lipinski definition) is 0. The van der Waals surface area contributed by atoms with Crippen molar-refractivity contribution in [2.24, 2.45) is 5.92 Å². The predicted molar refractivity (Wildman–Crippen MR) is 99.3 cm³/mol. The molecule has 0 N–H and O–H groups in total. The van der Waals surface area contributed by atoms with Crippen molar-refractivity contribution in [3.8, 4) is 23.0 Å². The molecule has 0 aromatic heterocycles. The molecule has 4 rings (SSSR count). The zero-order chi connectivity index (χ0) is 19.3. The van der Waals surface area contributed by atoms with Gasteiger partial charge in [0.2, 0.25) is 6.79 Å². The SMILES string of the molecule is O=C(CN1CCCC(COc2ccc3c(c2)OCO3)C1)Oc1ccc(F)cc1. The average molecular weight is 387 g/mol. The van der Waals surface area contributed by atoms with Crippen LogP contribution in [0.2, 0.25) is 0 Å². The largest absolute Gasteiger partial charge is 0.493 e. The molecule has 0 radical (unpaired) electrons. The fraction of sp³-hybridized carbons (Fsp3) is 0.381. The Balaban J connectivity index is 1.24. The molecule has 0 aliphatic carbocycles. The lowest BCUT2D eigenvalue weighted by Gasteiger charge is -2.31. The quantitative estimate of drug-likeness (QED) is 0.560. The molecule has 0 bridgehead atoms. The lowest BCUT2D eigenvalue weighted by Crippen LogP contribution is -2.41. The summed E-state index contributed by atoms with van der Waals surface area (Å²) >= 11 is 0. The van der Waals surface area contributed by atoms with E-state index in [1.54, 1.807) is 0 Å². The maximum Gasteiger partial charge on any atom is 0.325 e. The number of carbonyl (C=O) groups excluding carboxylic acids is 1. The van der Waals surface area contributed by atoms with Crippen LogP contribution in [0.5, 0.6) is 23.0 Å². The second-order valence-corrected chi connectivity index (χ2v) is 7.00. The van der Waals surface area contributed by atoms with Gasteiger partial charge < -0.3 is 18.9 Å². The van der Waals surface area contributed by atoms with E-state index in [1.807, 2.05) is 18.2 Å². The van der Waals surface area contributed by atoms with Crippen molar-refractivity contribution < 1.29 is 28.1 Å². The Morgan fingerprint density at radius 2 is 1.89 bits per heavy atom. The van der Waals surface area contributed by atoms with Crippen LogP contribution in [0.4, 0.5) is 4.39 Å². The number of halogens is 1. The summed E-state index contributed by atoms with van der Waals surface area (Å²) in [6.45, 7) is 2.63. The van der Waals surface area contributed by atoms with Crippen LogP contribution in [0.1, 0.15) is 12.8 Å². The molecule has 1 saturated heterocycles. The van der Waals surface area contributed by atoms with Gasteiger partial charge >= 0.3 is 5.97 Å². The monoisotopic (exact) mass is 387 g/mol. The molecule has 0 amide bonds.